The highest BCUT2D eigenvalue weighted by molar-refractivity contribution is 7.92. The molecule has 2 atom stereocenters. The van der Waals surface area contributed by atoms with Crippen molar-refractivity contribution in [1.29, 1.82) is 0 Å². The molecule has 1 aromatic carbocycles. The van der Waals surface area contributed by atoms with Gasteiger partial charge in [0.2, 0.25) is 0 Å². The molecule has 2 unspecified atom stereocenters. The summed E-state index contributed by atoms with van der Waals surface area (Å²) in [6, 6.07) is 5.14. The molecule has 3 nitrogen and oxygen atoms in total. The highest BCUT2D eigenvalue weighted by Gasteiger charge is 2.42. The average molecular weight is 225 g/mol. The lowest BCUT2D eigenvalue weighted by Gasteiger charge is -2.11. The Morgan fingerprint density at radius 2 is 2.07 bits per heavy atom. The molecule has 1 aliphatic rings. The normalized spacial score (nSPS) is 27.7. The molecular weight excluding hydrogens is 210 g/mol. The number of nitrogens with two attached hydrogens (primary N) is 1. The summed E-state index contributed by atoms with van der Waals surface area (Å²) >= 11 is 0. The van der Waals surface area contributed by atoms with E-state index >= 15 is 0 Å². The second-order valence-corrected chi connectivity index (χ2v) is 6.11. The first kappa shape index (κ1) is 10.6. The molecule has 0 aromatic heterocycles. The molecule has 0 radical (unpaired) electrons. The summed E-state index contributed by atoms with van der Waals surface area (Å²) in [4.78, 5) is 0.462. The predicted octanol–water partition coefficient (Wildman–Crippen LogP) is 1.56. The van der Waals surface area contributed by atoms with E-state index in [9.17, 15) is 8.42 Å². The first-order chi connectivity index (χ1) is 7.00. The summed E-state index contributed by atoms with van der Waals surface area (Å²) in [6.45, 7) is 3.68. The van der Waals surface area contributed by atoms with E-state index in [1.165, 1.54) is 0 Å². The van der Waals surface area contributed by atoms with Gasteiger partial charge >= 0.3 is 0 Å². The Morgan fingerprint density at radius 1 is 1.40 bits per heavy atom. The number of hydrogen-bond donors (Lipinski definition) is 1. The molecule has 4 heteroatoms. The van der Waals surface area contributed by atoms with Gasteiger partial charge in [-0.25, -0.2) is 8.42 Å². The monoisotopic (exact) mass is 225 g/mol. The Morgan fingerprint density at radius 3 is 2.60 bits per heavy atom. The van der Waals surface area contributed by atoms with Crippen molar-refractivity contribution in [2.45, 2.75) is 36.5 Å². The molecule has 2 rings (SSSR count). The van der Waals surface area contributed by atoms with Crippen LogP contribution in [-0.2, 0) is 9.84 Å². The van der Waals surface area contributed by atoms with Crippen LogP contribution in [0.25, 0.3) is 0 Å². The van der Waals surface area contributed by atoms with Crippen LogP contribution in [0, 0.1) is 6.92 Å². The molecule has 15 heavy (non-hydrogen) atoms. The van der Waals surface area contributed by atoms with Gasteiger partial charge in [-0.2, -0.15) is 0 Å². The van der Waals surface area contributed by atoms with E-state index in [0.717, 1.165) is 11.1 Å². The molecule has 1 heterocycles. The van der Waals surface area contributed by atoms with Crippen molar-refractivity contribution in [2.75, 3.05) is 0 Å². The summed E-state index contributed by atoms with van der Waals surface area (Å²) < 4.78 is 24.3. The van der Waals surface area contributed by atoms with Crippen LogP contribution in [0.1, 0.15) is 30.5 Å². The molecule has 1 aliphatic heterocycles. The average Bonchev–Trinajstić information content (AvgIpc) is 2.36. The van der Waals surface area contributed by atoms with Gasteiger partial charge in [0.1, 0.15) is 0 Å². The van der Waals surface area contributed by atoms with Crippen molar-refractivity contribution < 1.29 is 8.42 Å². The van der Waals surface area contributed by atoms with Gasteiger partial charge in [-0.05, 0) is 24.5 Å². The second kappa shape index (κ2) is 3.32. The van der Waals surface area contributed by atoms with Gasteiger partial charge < -0.3 is 5.73 Å². The molecule has 0 bridgehead atoms. The zero-order valence-electron chi connectivity index (χ0n) is 8.90. The fourth-order valence-corrected chi connectivity index (χ4v) is 4.67. The fourth-order valence-electron chi connectivity index (χ4n) is 2.34. The molecule has 0 saturated heterocycles. The summed E-state index contributed by atoms with van der Waals surface area (Å²) in [6.07, 6.45) is 0.567. The Kier molecular flexibility index (Phi) is 2.35. The first-order valence-corrected chi connectivity index (χ1v) is 6.63. The third-order valence-electron chi connectivity index (χ3n) is 3.09. The standard InChI is InChI=1S/C11H15NO2S/c1-3-9-10(12)8-6-4-5-7(2)11(8)15(9,13)14/h4-6,9-10H,3,12H2,1-2H3. The van der Waals surface area contributed by atoms with Gasteiger partial charge in [0.25, 0.3) is 0 Å². The van der Waals surface area contributed by atoms with Crippen LogP contribution >= 0.6 is 0 Å². The zero-order valence-corrected chi connectivity index (χ0v) is 9.71. The number of rotatable bonds is 1. The van der Waals surface area contributed by atoms with E-state index in [1.807, 2.05) is 32.0 Å². The van der Waals surface area contributed by atoms with Gasteiger partial charge in [-0.15, -0.1) is 0 Å². The molecule has 0 fully saturated rings. The summed E-state index contributed by atoms with van der Waals surface area (Å²) in [5.41, 5.74) is 7.55. The quantitative estimate of drug-likeness (QED) is 0.789. The van der Waals surface area contributed by atoms with E-state index in [1.54, 1.807) is 0 Å². The molecule has 0 spiro atoms. The van der Waals surface area contributed by atoms with E-state index in [4.69, 9.17) is 5.73 Å². The van der Waals surface area contributed by atoms with Crippen LogP contribution < -0.4 is 5.73 Å². The van der Waals surface area contributed by atoms with Crippen molar-refractivity contribution in [2.24, 2.45) is 5.73 Å². The summed E-state index contributed by atoms with van der Waals surface area (Å²) in [5.74, 6) is 0. The highest BCUT2D eigenvalue weighted by atomic mass is 32.2. The molecule has 2 N–H and O–H groups in total. The lowest BCUT2D eigenvalue weighted by molar-refractivity contribution is 0.567. The predicted molar refractivity (Wildman–Crippen MR) is 59.4 cm³/mol. The minimum atomic E-state index is -3.20. The van der Waals surface area contributed by atoms with Crippen molar-refractivity contribution in [3.8, 4) is 0 Å². The molecule has 82 valence electrons. The minimum Gasteiger partial charge on any atom is -0.323 e. The van der Waals surface area contributed by atoms with E-state index in [-0.39, 0.29) is 6.04 Å². The fraction of sp³-hybridized carbons (Fsp3) is 0.455. The number of benzene rings is 1. The maximum atomic E-state index is 12.2. The van der Waals surface area contributed by atoms with E-state index < -0.39 is 15.1 Å². The molecule has 0 saturated carbocycles. The third kappa shape index (κ3) is 1.32. The van der Waals surface area contributed by atoms with E-state index in [2.05, 4.69) is 0 Å². The molecular formula is C11H15NO2S. The second-order valence-electron chi connectivity index (χ2n) is 4.01. The van der Waals surface area contributed by atoms with Crippen LogP contribution in [0.3, 0.4) is 0 Å². The van der Waals surface area contributed by atoms with Crippen LogP contribution in [-0.4, -0.2) is 13.7 Å². The lowest BCUT2D eigenvalue weighted by Crippen LogP contribution is -2.25. The third-order valence-corrected chi connectivity index (χ3v) is 5.64. The minimum absolute atomic E-state index is 0.366. The van der Waals surface area contributed by atoms with Gasteiger partial charge in [0.15, 0.2) is 9.84 Å². The zero-order chi connectivity index (χ0) is 11.2. The number of hydrogen-bond acceptors (Lipinski definition) is 3. The maximum Gasteiger partial charge on any atom is 0.183 e. The van der Waals surface area contributed by atoms with Gasteiger partial charge in [-0.3, -0.25) is 0 Å². The SMILES string of the molecule is CCC1C(N)c2cccc(C)c2S1(=O)=O. The number of aryl methyl sites for hydroxylation is 1. The largest absolute Gasteiger partial charge is 0.323 e. The van der Waals surface area contributed by atoms with Crippen molar-refractivity contribution in [3.05, 3.63) is 29.3 Å². The smallest absolute Gasteiger partial charge is 0.183 e. The van der Waals surface area contributed by atoms with Gasteiger partial charge in [0, 0.05) is 6.04 Å². The Balaban J connectivity index is 2.75. The highest BCUT2D eigenvalue weighted by Crippen LogP contribution is 2.40. The van der Waals surface area contributed by atoms with Crippen molar-refractivity contribution in [3.63, 3.8) is 0 Å². The van der Waals surface area contributed by atoms with E-state index in [0.29, 0.717) is 11.3 Å². The van der Waals surface area contributed by atoms with Gasteiger partial charge in [-0.1, -0.05) is 25.1 Å². The lowest BCUT2D eigenvalue weighted by atomic mass is 10.0. The maximum absolute atomic E-state index is 12.2. The molecule has 1 aromatic rings. The van der Waals surface area contributed by atoms with Crippen molar-refractivity contribution in [1.82, 2.24) is 0 Å². The Labute approximate surface area is 90.2 Å². The molecule has 0 aliphatic carbocycles. The van der Waals surface area contributed by atoms with Crippen LogP contribution in [0.4, 0.5) is 0 Å². The van der Waals surface area contributed by atoms with Gasteiger partial charge in [0.05, 0.1) is 10.1 Å². The van der Waals surface area contributed by atoms with Crippen LogP contribution in [0.5, 0.6) is 0 Å². The topological polar surface area (TPSA) is 60.2 Å². The first-order valence-electron chi connectivity index (χ1n) is 5.09. The number of fused-ring (bicyclic) bond motifs is 1. The molecule has 0 amide bonds. The Hall–Kier alpha value is -0.870. The Bertz CT molecular complexity index is 493. The van der Waals surface area contributed by atoms with Crippen LogP contribution in [0.15, 0.2) is 23.1 Å². The summed E-state index contributed by atoms with van der Waals surface area (Å²) in [5, 5.41) is -0.450. The number of sulfone groups is 1. The van der Waals surface area contributed by atoms with Crippen molar-refractivity contribution >= 4 is 9.84 Å². The summed E-state index contributed by atoms with van der Waals surface area (Å²) in [7, 11) is -3.20. The van der Waals surface area contributed by atoms with Crippen LogP contribution in [0.2, 0.25) is 0 Å².